The molecule has 0 aromatic heterocycles. The van der Waals surface area contributed by atoms with Crippen molar-refractivity contribution in [2.75, 3.05) is 6.54 Å². The van der Waals surface area contributed by atoms with Crippen molar-refractivity contribution < 1.29 is 41.7 Å². The van der Waals surface area contributed by atoms with Crippen molar-refractivity contribution in [2.24, 2.45) is 0 Å². The molecule has 1 amide bonds. The first-order valence-electron chi connectivity index (χ1n) is 7.59. The minimum Gasteiger partial charge on any atom is -0.480 e. The Morgan fingerprint density at radius 2 is 1.76 bits per heavy atom. The maximum atomic E-state index is 11.9. The minimum atomic E-state index is -1.26. The number of aliphatic carboxylic acids is 2. The number of carboxylic acid groups (broad SMARTS) is 2. The van der Waals surface area contributed by atoms with Gasteiger partial charge >= 0.3 is 29.0 Å². The molecule has 0 aliphatic heterocycles. The monoisotopic (exact) mass is 387 g/mol. The fourth-order valence-corrected chi connectivity index (χ4v) is 2.17. The molecule has 0 saturated carbocycles. The van der Waals surface area contributed by atoms with Crippen LogP contribution in [0, 0.1) is 0 Å². The van der Waals surface area contributed by atoms with E-state index in [1.807, 2.05) is 30.3 Å². The van der Waals surface area contributed by atoms with Crippen LogP contribution < -0.4 is 0 Å². The van der Waals surface area contributed by atoms with Gasteiger partial charge < -0.3 is 15.1 Å². The average molecular weight is 387 g/mol. The Kier molecular flexibility index (Phi) is 10.9. The molecule has 2 rings (SSSR count). The fourth-order valence-electron chi connectivity index (χ4n) is 2.17. The maximum Gasteiger partial charge on any atom is 2.00 e. The molecule has 0 bridgehead atoms. The van der Waals surface area contributed by atoms with Gasteiger partial charge in [-0.15, -0.1) is 0 Å². The Morgan fingerprint density at radius 3 is 2.12 bits per heavy atom. The molecular formula is C18H21FeNO5. The minimum absolute atomic E-state index is 0. The number of nitrogens with zero attached hydrogens (tertiary/aromatic N) is 1. The summed E-state index contributed by atoms with van der Waals surface area (Å²) in [4.78, 5) is 35.0. The van der Waals surface area contributed by atoms with Gasteiger partial charge in [0.2, 0.25) is 5.91 Å². The van der Waals surface area contributed by atoms with E-state index in [0.29, 0.717) is 12.0 Å². The summed E-state index contributed by atoms with van der Waals surface area (Å²) in [6.45, 7) is 1.15. The molecule has 25 heavy (non-hydrogen) atoms. The first-order chi connectivity index (χ1) is 11.5. The molecule has 2 aromatic rings. The van der Waals surface area contributed by atoms with Crippen molar-refractivity contribution >= 4 is 17.8 Å². The van der Waals surface area contributed by atoms with E-state index in [4.69, 9.17) is 5.11 Å². The molecule has 0 radical (unpaired) electrons. The smallest absolute Gasteiger partial charge is 0.480 e. The molecule has 2 aromatic carbocycles. The number of hydrogen-bond acceptors (Lipinski definition) is 3. The van der Waals surface area contributed by atoms with E-state index in [1.54, 1.807) is 31.2 Å². The Morgan fingerprint density at radius 1 is 1.12 bits per heavy atom. The molecule has 7 heteroatoms. The molecule has 1 atom stereocenters. The topological polar surface area (TPSA) is 94.9 Å². The zero-order chi connectivity index (χ0) is 17.9. The summed E-state index contributed by atoms with van der Waals surface area (Å²) < 4.78 is 0. The van der Waals surface area contributed by atoms with Crippen LogP contribution in [0.3, 0.4) is 0 Å². The van der Waals surface area contributed by atoms with Crippen LogP contribution in [0.4, 0.5) is 0 Å². The van der Waals surface area contributed by atoms with Gasteiger partial charge in [0, 0.05) is 6.42 Å². The van der Waals surface area contributed by atoms with E-state index in [2.05, 4.69) is 0 Å². The summed E-state index contributed by atoms with van der Waals surface area (Å²) in [5, 5.41) is 18.1. The molecule has 0 aliphatic carbocycles. The fraction of sp³-hybridized carbons (Fsp3) is 0.278. The van der Waals surface area contributed by atoms with Crippen LogP contribution in [0.2, 0.25) is 0 Å². The van der Waals surface area contributed by atoms with Gasteiger partial charge in [0.1, 0.15) is 12.6 Å². The molecule has 6 nitrogen and oxygen atoms in total. The standard InChI is InChI=1S/C13H16NO5.C5H5.Fe/c1-2-5-10(15)14(8-11(16)17)12(13(18)19)9-6-3-4-7-9;1-2-4-5-3-1;/h3-4,6-7,12H,2,5,8H2,1H3,(H,16,17)(H,18,19);1-5H;/q2*-1;+2. The Hall–Kier alpha value is -2.37. The summed E-state index contributed by atoms with van der Waals surface area (Å²) in [5.74, 6) is -2.95. The van der Waals surface area contributed by atoms with Crippen LogP contribution in [0.5, 0.6) is 0 Å². The first kappa shape index (κ1) is 22.6. The third kappa shape index (κ3) is 7.83. The third-order valence-corrected chi connectivity index (χ3v) is 3.20. The maximum absolute atomic E-state index is 11.9. The van der Waals surface area contributed by atoms with Gasteiger partial charge in [-0.3, -0.25) is 14.4 Å². The number of carbonyl (C=O) groups is 3. The molecular weight excluding hydrogens is 366 g/mol. The molecule has 0 aliphatic rings. The van der Waals surface area contributed by atoms with Crippen molar-refractivity contribution in [3.63, 3.8) is 0 Å². The van der Waals surface area contributed by atoms with Crippen molar-refractivity contribution in [3.8, 4) is 0 Å². The van der Waals surface area contributed by atoms with Crippen LogP contribution in [0.25, 0.3) is 0 Å². The summed E-state index contributed by atoms with van der Waals surface area (Å²) in [6, 6.07) is 15.2. The molecule has 1 unspecified atom stereocenters. The molecule has 0 saturated heterocycles. The third-order valence-electron chi connectivity index (χ3n) is 3.20. The van der Waals surface area contributed by atoms with Crippen molar-refractivity contribution in [1.82, 2.24) is 4.90 Å². The van der Waals surface area contributed by atoms with Gasteiger partial charge in [0.15, 0.2) is 0 Å². The Balaban J connectivity index is 0.000000820. The first-order valence-corrected chi connectivity index (χ1v) is 7.59. The number of rotatable bonds is 7. The molecule has 0 spiro atoms. The Labute approximate surface area is 157 Å². The number of amides is 1. The second kappa shape index (κ2) is 12.1. The van der Waals surface area contributed by atoms with Crippen molar-refractivity contribution in [3.05, 3.63) is 60.2 Å². The second-order valence-electron chi connectivity index (χ2n) is 5.09. The van der Waals surface area contributed by atoms with E-state index in [-0.39, 0.29) is 23.5 Å². The number of hydrogen-bond donors (Lipinski definition) is 2. The number of carbonyl (C=O) groups excluding carboxylic acids is 1. The van der Waals surface area contributed by atoms with Crippen LogP contribution in [-0.4, -0.2) is 39.5 Å². The van der Waals surface area contributed by atoms with E-state index in [1.165, 1.54) is 0 Å². The largest absolute Gasteiger partial charge is 2.00 e. The van der Waals surface area contributed by atoms with Crippen molar-refractivity contribution in [1.29, 1.82) is 0 Å². The van der Waals surface area contributed by atoms with Crippen LogP contribution in [0.15, 0.2) is 54.6 Å². The predicted octanol–water partition coefficient (Wildman–Crippen LogP) is 2.65. The predicted molar refractivity (Wildman–Crippen MR) is 88.7 cm³/mol. The second-order valence-corrected chi connectivity index (χ2v) is 5.09. The van der Waals surface area contributed by atoms with E-state index in [9.17, 15) is 19.5 Å². The van der Waals surface area contributed by atoms with Gasteiger partial charge in [-0.25, -0.2) is 18.2 Å². The van der Waals surface area contributed by atoms with Gasteiger partial charge in [0.25, 0.3) is 0 Å². The summed E-state index contributed by atoms with van der Waals surface area (Å²) in [7, 11) is 0. The Bertz CT molecular complexity index is 605. The van der Waals surface area contributed by atoms with Gasteiger partial charge in [0.05, 0.1) is 0 Å². The summed E-state index contributed by atoms with van der Waals surface area (Å²) >= 11 is 0. The zero-order valence-corrected chi connectivity index (χ0v) is 14.9. The molecule has 2 N–H and O–H groups in total. The van der Waals surface area contributed by atoms with Crippen molar-refractivity contribution in [2.45, 2.75) is 25.8 Å². The van der Waals surface area contributed by atoms with E-state index < -0.39 is 30.4 Å². The van der Waals surface area contributed by atoms with Crippen LogP contribution in [0.1, 0.15) is 31.4 Å². The summed E-state index contributed by atoms with van der Waals surface area (Å²) in [6.07, 6.45) is 0.653. The van der Waals surface area contributed by atoms with E-state index in [0.717, 1.165) is 4.90 Å². The van der Waals surface area contributed by atoms with Crippen LogP contribution in [-0.2, 0) is 31.5 Å². The van der Waals surface area contributed by atoms with E-state index >= 15 is 0 Å². The summed E-state index contributed by atoms with van der Waals surface area (Å²) in [5.41, 5.74) is 0.401. The quantitative estimate of drug-likeness (QED) is 0.563. The normalized spacial score (nSPS) is 10.6. The van der Waals surface area contributed by atoms with Gasteiger partial charge in [-0.05, 0) is 6.42 Å². The van der Waals surface area contributed by atoms with Gasteiger partial charge in [-0.1, -0.05) is 6.92 Å². The molecule has 136 valence electrons. The zero-order valence-electron chi connectivity index (χ0n) is 13.8. The van der Waals surface area contributed by atoms with Gasteiger partial charge in [-0.2, -0.15) is 42.0 Å². The molecule has 0 fully saturated rings. The average Bonchev–Trinajstić information content (AvgIpc) is 3.22. The molecule has 0 heterocycles. The SMILES string of the molecule is CCCC(=O)N(CC(=O)O)C(C(=O)O)c1cc[cH-]c1.[Fe+2].c1cc[cH-]c1. The van der Waals surface area contributed by atoms with Crippen LogP contribution >= 0.6 is 0 Å². The number of carboxylic acids is 2.